The number of fused-ring (bicyclic) bond motifs is 1. The number of nitrogens with zero attached hydrogens (tertiary/aromatic N) is 3. The number of halogens is 3. The molecule has 1 N–H and O–H groups in total. The number of hydrogen-bond donors (Lipinski definition) is 1. The summed E-state index contributed by atoms with van der Waals surface area (Å²) >= 11 is 0. The van der Waals surface area contributed by atoms with Crippen molar-refractivity contribution in [2.24, 2.45) is 0 Å². The number of aromatic amines is 1. The van der Waals surface area contributed by atoms with Gasteiger partial charge in [0.25, 0.3) is 5.56 Å². The maximum Gasteiger partial charge on any atom is 0.417 e. The standard InChI is InChI=1S/C23H23F3N4O/c1-2-5-21-28-20-10-11-30(14-17(20)22(31)29-21)13-15-8-9-19(27-12-15)16-6-3-4-7-18(16)23(24,25)26/h3-4,6-9,12H,2,5,10-11,13-14H2,1H3,(H,28,29,31). The summed E-state index contributed by atoms with van der Waals surface area (Å²) in [4.78, 5) is 26.3. The molecule has 0 aliphatic carbocycles. The van der Waals surface area contributed by atoms with Gasteiger partial charge in [0, 0.05) is 44.2 Å². The minimum atomic E-state index is -4.43. The molecule has 0 atom stereocenters. The van der Waals surface area contributed by atoms with Gasteiger partial charge in [-0.15, -0.1) is 0 Å². The average Bonchev–Trinajstić information content (AvgIpc) is 2.74. The maximum atomic E-state index is 13.3. The lowest BCUT2D eigenvalue weighted by atomic mass is 10.0. The Balaban J connectivity index is 1.50. The molecule has 3 aromatic rings. The lowest BCUT2D eigenvalue weighted by Crippen LogP contribution is -2.35. The second-order valence-corrected chi connectivity index (χ2v) is 7.74. The Bertz CT molecular complexity index is 1120. The minimum Gasteiger partial charge on any atom is -0.310 e. The topological polar surface area (TPSA) is 61.9 Å². The molecule has 0 saturated heterocycles. The third-order valence-electron chi connectivity index (χ3n) is 5.42. The Kier molecular flexibility index (Phi) is 5.91. The van der Waals surface area contributed by atoms with Gasteiger partial charge in [0.05, 0.1) is 22.5 Å². The van der Waals surface area contributed by atoms with Gasteiger partial charge in [-0.05, 0) is 24.1 Å². The van der Waals surface area contributed by atoms with Crippen molar-refractivity contribution in [3.05, 3.63) is 81.2 Å². The van der Waals surface area contributed by atoms with Crippen LogP contribution in [0.25, 0.3) is 11.3 Å². The van der Waals surface area contributed by atoms with Crippen molar-refractivity contribution < 1.29 is 13.2 Å². The van der Waals surface area contributed by atoms with Gasteiger partial charge in [-0.25, -0.2) is 4.98 Å². The monoisotopic (exact) mass is 428 g/mol. The van der Waals surface area contributed by atoms with Crippen molar-refractivity contribution in [1.29, 1.82) is 0 Å². The summed E-state index contributed by atoms with van der Waals surface area (Å²) in [6.07, 6.45) is -0.465. The molecule has 8 heteroatoms. The Morgan fingerprint density at radius 3 is 2.68 bits per heavy atom. The van der Waals surface area contributed by atoms with Crippen LogP contribution in [0.15, 0.2) is 47.4 Å². The van der Waals surface area contributed by atoms with E-state index in [2.05, 4.69) is 19.9 Å². The molecule has 4 rings (SSSR count). The molecule has 0 saturated carbocycles. The van der Waals surface area contributed by atoms with E-state index in [0.29, 0.717) is 25.1 Å². The van der Waals surface area contributed by atoms with E-state index in [1.165, 1.54) is 12.1 Å². The molecule has 3 heterocycles. The van der Waals surface area contributed by atoms with Crippen LogP contribution >= 0.6 is 0 Å². The zero-order valence-corrected chi connectivity index (χ0v) is 17.2. The van der Waals surface area contributed by atoms with Crippen molar-refractivity contribution in [2.45, 2.75) is 45.5 Å². The number of benzene rings is 1. The normalized spacial score (nSPS) is 14.5. The third-order valence-corrected chi connectivity index (χ3v) is 5.42. The van der Waals surface area contributed by atoms with Crippen LogP contribution in [0.5, 0.6) is 0 Å². The first-order valence-corrected chi connectivity index (χ1v) is 10.3. The number of aryl methyl sites for hydroxylation is 1. The van der Waals surface area contributed by atoms with E-state index in [-0.39, 0.29) is 16.8 Å². The fourth-order valence-electron chi connectivity index (χ4n) is 3.91. The highest BCUT2D eigenvalue weighted by Crippen LogP contribution is 2.36. The van der Waals surface area contributed by atoms with E-state index in [1.54, 1.807) is 24.4 Å². The highest BCUT2D eigenvalue weighted by atomic mass is 19.4. The number of pyridine rings is 1. The van der Waals surface area contributed by atoms with Crippen molar-refractivity contribution in [1.82, 2.24) is 19.9 Å². The molecule has 5 nitrogen and oxygen atoms in total. The Morgan fingerprint density at radius 1 is 1.16 bits per heavy atom. The number of alkyl halides is 3. The molecular weight excluding hydrogens is 405 g/mol. The van der Waals surface area contributed by atoms with Gasteiger partial charge in [-0.2, -0.15) is 13.2 Å². The summed E-state index contributed by atoms with van der Waals surface area (Å²) in [5.41, 5.74) is 1.99. The summed E-state index contributed by atoms with van der Waals surface area (Å²) < 4.78 is 39.8. The first-order chi connectivity index (χ1) is 14.8. The maximum absolute atomic E-state index is 13.3. The van der Waals surface area contributed by atoms with E-state index in [0.717, 1.165) is 42.5 Å². The van der Waals surface area contributed by atoms with Gasteiger partial charge in [0.1, 0.15) is 5.82 Å². The summed E-state index contributed by atoms with van der Waals surface area (Å²) in [5, 5.41) is 0. The summed E-state index contributed by atoms with van der Waals surface area (Å²) in [5.74, 6) is 0.735. The molecule has 162 valence electrons. The molecular formula is C23H23F3N4O. The lowest BCUT2D eigenvalue weighted by Gasteiger charge is -2.27. The molecule has 2 aromatic heterocycles. The fraction of sp³-hybridized carbons (Fsp3) is 0.348. The zero-order chi connectivity index (χ0) is 22.0. The molecule has 0 unspecified atom stereocenters. The van der Waals surface area contributed by atoms with Gasteiger partial charge in [0.2, 0.25) is 0 Å². The average molecular weight is 428 g/mol. The number of H-pyrrole nitrogens is 1. The fourth-order valence-corrected chi connectivity index (χ4v) is 3.91. The zero-order valence-electron chi connectivity index (χ0n) is 17.2. The van der Waals surface area contributed by atoms with Gasteiger partial charge in [-0.3, -0.25) is 14.7 Å². The molecule has 0 amide bonds. The Hall–Kier alpha value is -3.00. The van der Waals surface area contributed by atoms with E-state index in [1.807, 2.05) is 6.92 Å². The van der Waals surface area contributed by atoms with E-state index in [4.69, 9.17) is 0 Å². The molecule has 1 aliphatic rings. The number of rotatable bonds is 5. The van der Waals surface area contributed by atoms with Crippen LogP contribution in [-0.4, -0.2) is 26.4 Å². The quantitative estimate of drug-likeness (QED) is 0.656. The van der Waals surface area contributed by atoms with Crippen LogP contribution < -0.4 is 5.56 Å². The molecule has 0 spiro atoms. The lowest BCUT2D eigenvalue weighted by molar-refractivity contribution is -0.137. The molecule has 1 aromatic carbocycles. The van der Waals surface area contributed by atoms with Crippen LogP contribution in [-0.2, 0) is 32.1 Å². The predicted octanol–water partition coefficient (Wildman–Crippen LogP) is 4.36. The van der Waals surface area contributed by atoms with Crippen LogP contribution in [0.4, 0.5) is 13.2 Å². The van der Waals surface area contributed by atoms with Crippen molar-refractivity contribution in [3.8, 4) is 11.3 Å². The van der Waals surface area contributed by atoms with E-state index >= 15 is 0 Å². The summed E-state index contributed by atoms with van der Waals surface area (Å²) in [7, 11) is 0. The molecule has 1 aliphatic heterocycles. The first kappa shape index (κ1) is 21.2. The molecule has 0 fully saturated rings. The van der Waals surface area contributed by atoms with Crippen LogP contribution in [0.2, 0.25) is 0 Å². The summed E-state index contributed by atoms with van der Waals surface area (Å²) in [6.45, 7) is 3.85. The van der Waals surface area contributed by atoms with Crippen molar-refractivity contribution in [2.75, 3.05) is 6.54 Å². The van der Waals surface area contributed by atoms with E-state index in [9.17, 15) is 18.0 Å². The van der Waals surface area contributed by atoms with Crippen LogP contribution in [0, 0.1) is 0 Å². The van der Waals surface area contributed by atoms with Gasteiger partial charge < -0.3 is 4.98 Å². The first-order valence-electron chi connectivity index (χ1n) is 10.3. The highest BCUT2D eigenvalue weighted by Gasteiger charge is 2.33. The van der Waals surface area contributed by atoms with Gasteiger partial charge in [-0.1, -0.05) is 31.2 Å². The van der Waals surface area contributed by atoms with Crippen LogP contribution in [0.1, 0.15) is 41.6 Å². The molecule has 31 heavy (non-hydrogen) atoms. The largest absolute Gasteiger partial charge is 0.417 e. The predicted molar refractivity (Wildman–Crippen MR) is 111 cm³/mol. The molecule has 0 radical (unpaired) electrons. The second kappa shape index (κ2) is 8.63. The number of nitrogens with one attached hydrogen (secondary N) is 1. The SMILES string of the molecule is CCCc1nc2c(c(=O)[nH]1)CN(Cc1ccc(-c3ccccc3C(F)(F)F)nc1)CC2. The van der Waals surface area contributed by atoms with Gasteiger partial charge in [0.15, 0.2) is 0 Å². The number of hydrogen-bond acceptors (Lipinski definition) is 4. The Morgan fingerprint density at radius 2 is 1.97 bits per heavy atom. The van der Waals surface area contributed by atoms with Gasteiger partial charge >= 0.3 is 6.18 Å². The van der Waals surface area contributed by atoms with Crippen LogP contribution in [0.3, 0.4) is 0 Å². The summed E-state index contributed by atoms with van der Waals surface area (Å²) in [6, 6.07) is 8.84. The molecule has 0 bridgehead atoms. The highest BCUT2D eigenvalue weighted by molar-refractivity contribution is 5.64. The smallest absolute Gasteiger partial charge is 0.310 e. The van der Waals surface area contributed by atoms with E-state index < -0.39 is 11.7 Å². The third kappa shape index (κ3) is 4.69. The Labute approximate surface area is 178 Å². The number of aromatic nitrogens is 3. The second-order valence-electron chi connectivity index (χ2n) is 7.74. The van der Waals surface area contributed by atoms with Crippen molar-refractivity contribution in [3.63, 3.8) is 0 Å². The minimum absolute atomic E-state index is 0.0638. The van der Waals surface area contributed by atoms with Crippen molar-refractivity contribution >= 4 is 0 Å².